The van der Waals surface area contributed by atoms with Crippen molar-refractivity contribution in [2.45, 2.75) is 78.6 Å². The topological polar surface area (TPSA) is 79.4 Å². The van der Waals surface area contributed by atoms with E-state index in [2.05, 4.69) is 63.5 Å². The van der Waals surface area contributed by atoms with Crippen LogP contribution in [0.1, 0.15) is 84.3 Å². The van der Waals surface area contributed by atoms with E-state index < -0.39 is 0 Å². The molecule has 6 heteroatoms. The normalized spacial score (nSPS) is 32.4. The number of nitrogens with zero attached hydrogens (tertiary/aromatic N) is 4. The van der Waals surface area contributed by atoms with E-state index >= 15 is 0 Å². The summed E-state index contributed by atoms with van der Waals surface area (Å²) in [5, 5.41) is 15.1. The first kappa shape index (κ1) is 27.7. The van der Waals surface area contributed by atoms with E-state index in [1.807, 2.05) is 6.92 Å². The Morgan fingerprint density at radius 3 is 2.60 bits per heavy atom. The molecule has 4 aliphatic rings. The van der Waals surface area contributed by atoms with Crippen molar-refractivity contribution in [2.24, 2.45) is 45.2 Å². The van der Waals surface area contributed by atoms with Gasteiger partial charge in [0.2, 0.25) is 0 Å². The quantitative estimate of drug-likeness (QED) is 0.360. The highest BCUT2D eigenvalue weighted by Crippen LogP contribution is 2.60. The lowest BCUT2D eigenvalue weighted by molar-refractivity contribution is -0.0223. The summed E-state index contributed by atoms with van der Waals surface area (Å²) >= 11 is 0. The molecule has 1 saturated heterocycles. The zero-order chi connectivity index (χ0) is 27.9. The Kier molecular flexibility index (Phi) is 7.67. The molecule has 3 N–H and O–H groups in total. The van der Waals surface area contributed by atoms with Crippen molar-refractivity contribution in [2.75, 3.05) is 38.5 Å². The number of nitrogens with one attached hydrogen (secondary N) is 1. The molecule has 1 aromatic heterocycles. The third-order valence-electron chi connectivity index (χ3n) is 11.1. The molecule has 5 atom stereocenters. The minimum absolute atomic E-state index is 0.537. The molecule has 2 aromatic rings. The fourth-order valence-electron chi connectivity index (χ4n) is 9.28. The molecule has 0 amide bonds. The lowest BCUT2D eigenvalue weighted by Crippen LogP contribution is -2.49. The number of nitrogens with two attached hydrogens (primary N) is 1. The SMILES string of the molecule is CCC1CC2CC(C)CC(CN3CCC4(CC3)CC4CNc3nnc(C(C=NC)=C(C)N)c4ccccc34)(C1)C2. The number of aliphatic imine (C=N–C) groups is 1. The van der Waals surface area contributed by atoms with Crippen LogP contribution in [0.5, 0.6) is 0 Å². The maximum atomic E-state index is 6.18. The fraction of sp³-hybridized carbons (Fsp3) is 0.676. The number of rotatable bonds is 8. The van der Waals surface area contributed by atoms with Gasteiger partial charge in [0, 0.05) is 48.4 Å². The van der Waals surface area contributed by atoms with Crippen LogP contribution >= 0.6 is 0 Å². The average Bonchev–Trinajstić information content (AvgIpc) is 3.62. The van der Waals surface area contributed by atoms with Crippen molar-refractivity contribution >= 4 is 28.4 Å². The van der Waals surface area contributed by atoms with Crippen LogP contribution in [-0.4, -0.2) is 54.5 Å². The monoisotopic (exact) mass is 542 g/mol. The number of aromatic nitrogens is 2. The Labute approximate surface area is 241 Å². The molecular weight excluding hydrogens is 492 g/mol. The van der Waals surface area contributed by atoms with Gasteiger partial charge in [0.25, 0.3) is 0 Å². The van der Waals surface area contributed by atoms with Gasteiger partial charge in [-0.25, -0.2) is 0 Å². The van der Waals surface area contributed by atoms with Crippen LogP contribution in [0.3, 0.4) is 0 Å². The summed E-state index contributed by atoms with van der Waals surface area (Å²) < 4.78 is 0. The van der Waals surface area contributed by atoms with Crippen LogP contribution in [0.4, 0.5) is 5.82 Å². The summed E-state index contributed by atoms with van der Waals surface area (Å²) in [4.78, 5) is 7.06. The van der Waals surface area contributed by atoms with E-state index in [-0.39, 0.29) is 0 Å². The molecule has 1 aromatic carbocycles. The Morgan fingerprint density at radius 1 is 1.10 bits per heavy atom. The zero-order valence-electron chi connectivity index (χ0n) is 25.3. The first-order valence-electron chi connectivity index (χ1n) is 15.9. The van der Waals surface area contributed by atoms with E-state index in [4.69, 9.17) is 5.73 Å². The number of anilines is 1. The Morgan fingerprint density at radius 2 is 1.88 bits per heavy atom. The molecule has 40 heavy (non-hydrogen) atoms. The maximum Gasteiger partial charge on any atom is 0.156 e. The highest BCUT2D eigenvalue weighted by atomic mass is 15.2. The molecule has 6 nitrogen and oxygen atoms in total. The van der Waals surface area contributed by atoms with E-state index in [0.717, 1.165) is 58.1 Å². The van der Waals surface area contributed by atoms with Gasteiger partial charge in [-0.1, -0.05) is 44.5 Å². The molecule has 216 valence electrons. The molecule has 2 heterocycles. The summed E-state index contributed by atoms with van der Waals surface area (Å²) in [5.74, 6) is 4.50. The largest absolute Gasteiger partial charge is 0.402 e. The number of piperidine rings is 1. The van der Waals surface area contributed by atoms with Gasteiger partial charge in [-0.15, -0.1) is 10.2 Å². The van der Waals surface area contributed by atoms with Gasteiger partial charge in [0.1, 0.15) is 5.69 Å². The summed E-state index contributed by atoms with van der Waals surface area (Å²) in [6.45, 7) is 11.8. The van der Waals surface area contributed by atoms with Crippen LogP contribution in [0.2, 0.25) is 0 Å². The molecule has 1 spiro atoms. The zero-order valence-corrected chi connectivity index (χ0v) is 25.3. The molecule has 3 saturated carbocycles. The molecule has 5 unspecified atom stereocenters. The van der Waals surface area contributed by atoms with Crippen molar-refractivity contribution in [3.8, 4) is 0 Å². The molecular formula is C34H50N6. The Balaban J connectivity index is 1.07. The minimum atomic E-state index is 0.537. The number of hydrogen-bond donors (Lipinski definition) is 2. The smallest absolute Gasteiger partial charge is 0.156 e. The first-order chi connectivity index (χ1) is 19.3. The van der Waals surface area contributed by atoms with Crippen LogP contribution in [0.25, 0.3) is 16.3 Å². The number of allylic oxidation sites excluding steroid dienone is 2. The van der Waals surface area contributed by atoms with Crippen molar-refractivity contribution in [1.29, 1.82) is 0 Å². The highest BCUT2D eigenvalue weighted by molar-refractivity contribution is 6.15. The molecule has 0 radical (unpaired) electrons. The van der Waals surface area contributed by atoms with Gasteiger partial charge < -0.3 is 16.0 Å². The van der Waals surface area contributed by atoms with Crippen molar-refractivity contribution < 1.29 is 0 Å². The second kappa shape index (κ2) is 11.1. The second-order valence-electron chi connectivity index (χ2n) is 14.2. The fourth-order valence-corrected chi connectivity index (χ4v) is 9.28. The van der Waals surface area contributed by atoms with Crippen LogP contribution < -0.4 is 11.1 Å². The summed E-state index contributed by atoms with van der Waals surface area (Å²) in [5.41, 5.74) is 9.64. The summed E-state index contributed by atoms with van der Waals surface area (Å²) in [6, 6.07) is 8.36. The van der Waals surface area contributed by atoms with Gasteiger partial charge in [-0.2, -0.15) is 0 Å². The lowest BCUT2D eigenvalue weighted by atomic mass is 9.56. The molecule has 3 aliphatic carbocycles. The third-order valence-corrected chi connectivity index (χ3v) is 11.1. The number of benzene rings is 1. The van der Waals surface area contributed by atoms with Crippen LogP contribution in [-0.2, 0) is 0 Å². The number of fused-ring (bicyclic) bond motifs is 3. The van der Waals surface area contributed by atoms with E-state index in [1.165, 1.54) is 77.4 Å². The van der Waals surface area contributed by atoms with Crippen LogP contribution in [0.15, 0.2) is 35.0 Å². The third kappa shape index (κ3) is 5.41. The van der Waals surface area contributed by atoms with Crippen LogP contribution in [0, 0.1) is 34.5 Å². The second-order valence-corrected chi connectivity index (χ2v) is 14.2. The Bertz CT molecular complexity index is 1270. The number of likely N-dealkylation sites (tertiary alicyclic amines) is 1. The molecule has 6 rings (SSSR count). The molecule has 2 bridgehead atoms. The van der Waals surface area contributed by atoms with Gasteiger partial charge in [-0.05, 0) is 106 Å². The lowest BCUT2D eigenvalue weighted by Gasteiger charge is -2.53. The predicted octanol–water partition coefficient (Wildman–Crippen LogP) is 6.78. The predicted molar refractivity (Wildman–Crippen MR) is 167 cm³/mol. The van der Waals surface area contributed by atoms with Crippen molar-refractivity contribution in [3.05, 3.63) is 35.7 Å². The van der Waals surface area contributed by atoms with Crippen molar-refractivity contribution in [1.82, 2.24) is 15.1 Å². The molecule has 1 aliphatic heterocycles. The van der Waals surface area contributed by atoms with E-state index in [1.54, 1.807) is 13.3 Å². The minimum Gasteiger partial charge on any atom is -0.402 e. The van der Waals surface area contributed by atoms with Gasteiger partial charge in [0.15, 0.2) is 5.82 Å². The standard InChI is InChI=1S/C34H50N6/c1-5-25-15-26-14-23(2)16-33(17-25,18-26)22-40-12-10-34(11-13-40)19-27(34)20-37-32-29-9-7-6-8-28(29)31(38-39-32)30(21-36-4)24(3)35/h6-9,21,23,25-27H,5,10-20,22,35H2,1-4H3,(H,37,39). The van der Waals surface area contributed by atoms with Gasteiger partial charge in [-0.3, -0.25) is 4.99 Å². The highest BCUT2D eigenvalue weighted by Gasteiger charge is 2.55. The summed E-state index contributed by atoms with van der Waals surface area (Å²) in [6.07, 6.45) is 14.7. The molecule has 4 fully saturated rings. The van der Waals surface area contributed by atoms with E-state index in [9.17, 15) is 0 Å². The van der Waals surface area contributed by atoms with E-state index in [0.29, 0.717) is 16.5 Å². The maximum absolute atomic E-state index is 6.18. The summed E-state index contributed by atoms with van der Waals surface area (Å²) in [7, 11) is 1.76. The van der Waals surface area contributed by atoms with Gasteiger partial charge in [0.05, 0.1) is 0 Å². The average molecular weight is 543 g/mol. The van der Waals surface area contributed by atoms with Gasteiger partial charge >= 0.3 is 0 Å². The first-order valence-corrected chi connectivity index (χ1v) is 15.9. The van der Waals surface area contributed by atoms with Crippen molar-refractivity contribution in [3.63, 3.8) is 0 Å². The number of hydrogen-bond acceptors (Lipinski definition) is 6. The Hall–Kier alpha value is -2.47.